The molecule has 4 atom stereocenters. The summed E-state index contributed by atoms with van der Waals surface area (Å²) in [6.07, 6.45) is 13.0. The Morgan fingerprint density at radius 3 is 2.68 bits per heavy atom. The second-order valence-corrected chi connectivity index (χ2v) is 9.73. The second kappa shape index (κ2) is 8.41. The van der Waals surface area contributed by atoms with Crippen LogP contribution in [0.3, 0.4) is 0 Å². The zero-order valence-electron chi connectivity index (χ0n) is 17.3. The molecule has 1 aromatic heterocycles. The molecule has 2 saturated heterocycles. The van der Waals surface area contributed by atoms with Crippen molar-refractivity contribution >= 4 is 0 Å². The topological polar surface area (TPSA) is 63.4 Å². The number of likely N-dealkylation sites (tertiary alicyclic amines) is 1. The summed E-state index contributed by atoms with van der Waals surface area (Å²) < 4.78 is 11.7. The maximum atomic E-state index is 6.21. The van der Waals surface area contributed by atoms with E-state index in [1.807, 2.05) is 0 Å². The van der Waals surface area contributed by atoms with Crippen LogP contribution in [0.25, 0.3) is 0 Å². The van der Waals surface area contributed by atoms with E-state index in [2.05, 4.69) is 27.3 Å². The standard InChI is InChI=1S/C22H36N4O2/c1-15-3-2-4-18(13-15)26-11-9-17(10-12-26)23-14-19-7-8-20(27-19)22-24-21(25-28-22)16-5-6-16/h15-20,23H,2-14H2,1H3/t15?,18?,19-,20+/m1/s1. The molecule has 0 bridgehead atoms. The zero-order valence-corrected chi connectivity index (χ0v) is 17.3. The number of rotatable bonds is 6. The fourth-order valence-electron chi connectivity index (χ4n) is 5.42. The summed E-state index contributed by atoms with van der Waals surface area (Å²) in [7, 11) is 0. The molecule has 4 aliphatic rings. The van der Waals surface area contributed by atoms with Crippen LogP contribution in [0, 0.1) is 5.92 Å². The minimum Gasteiger partial charge on any atom is -0.364 e. The van der Waals surface area contributed by atoms with Gasteiger partial charge in [0.05, 0.1) is 6.10 Å². The molecule has 2 saturated carbocycles. The first kappa shape index (κ1) is 19.0. The van der Waals surface area contributed by atoms with E-state index in [1.54, 1.807) is 0 Å². The third-order valence-corrected chi connectivity index (χ3v) is 7.37. The number of hydrogen-bond donors (Lipinski definition) is 1. The molecule has 6 nitrogen and oxygen atoms in total. The fourth-order valence-corrected chi connectivity index (χ4v) is 5.42. The summed E-state index contributed by atoms with van der Waals surface area (Å²) in [5.74, 6) is 3.04. The highest BCUT2D eigenvalue weighted by molar-refractivity contribution is 5.05. The average molecular weight is 389 g/mol. The van der Waals surface area contributed by atoms with E-state index in [0.29, 0.717) is 17.9 Å². The number of nitrogens with one attached hydrogen (secondary N) is 1. The molecule has 2 aliphatic carbocycles. The van der Waals surface area contributed by atoms with Gasteiger partial charge in [-0.3, -0.25) is 0 Å². The average Bonchev–Trinajstić information content (AvgIpc) is 3.26. The highest BCUT2D eigenvalue weighted by Gasteiger charge is 2.34. The van der Waals surface area contributed by atoms with Crippen molar-refractivity contribution in [2.75, 3.05) is 19.6 Å². The molecular weight excluding hydrogens is 352 g/mol. The van der Waals surface area contributed by atoms with Gasteiger partial charge in [-0.05, 0) is 70.4 Å². The lowest BCUT2D eigenvalue weighted by Gasteiger charge is -2.41. The third kappa shape index (κ3) is 4.44. The minimum absolute atomic E-state index is 0.00179. The first-order valence-corrected chi connectivity index (χ1v) is 11.7. The Morgan fingerprint density at radius 1 is 1.04 bits per heavy atom. The minimum atomic E-state index is 0.00179. The van der Waals surface area contributed by atoms with Gasteiger partial charge in [0.25, 0.3) is 5.89 Å². The zero-order chi connectivity index (χ0) is 18.9. The molecular formula is C22H36N4O2. The van der Waals surface area contributed by atoms with Crippen molar-refractivity contribution < 1.29 is 9.26 Å². The van der Waals surface area contributed by atoms with Gasteiger partial charge in [-0.2, -0.15) is 4.98 Å². The first-order valence-electron chi connectivity index (χ1n) is 11.7. The fraction of sp³-hybridized carbons (Fsp3) is 0.909. The van der Waals surface area contributed by atoms with Gasteiger partial charge in [-0.25, -0.2) is 0 Å². The van der Waals surface area contributed by atoms with Gasteiger partial charge in [0.15, 0.2) is 5.82 Å². The molecule has 28 heavy (non-hydrogen) atoms. The van der Waals surface area contributed by atoms with Gasteiger partial charge in [-0.15, -0.1) is 0 Å². The maximum absolute atomic E-state index is 6.21. The highest BCUT2D eigenvalue weighted by atomic mass is 16.5. The summed E-state index contributed by atoms with van der Waals surface area (Å²) in [6, 6.07) is 1.49. The van der Waals surface area contributed by atoms with Crippen LogP contribution in [0.4, 0.5) is 0 Å². The molecule has 1 aromatic rings. The van der Waals surface area contributed by atoms with Gasteiger partial charge in [0.2, 0.25) is 0 Å². The summed E-state index contributed by atoms with van der Waals surface area (Å²) in [5, 5.41) is 7.91. The molecule has 0 radical (unpaired) electrons. The predicted molar refractivity (Wildman–Crippen MR) is 107 cm³/mol. The predicted octanol–water partition coefficient (Wildman–Crippen LogP) is 3.80. The van der Waals surface area contributed by atoms with Crippen molar-refractivity contribution in [3.63, 3.8) is 0 Å². The van der Waals surface area contributed by atoms with Crippen molar-refractivity contribution in [1.82, 2.24) is 20.4 Å². The molecule has 156 valence electrons. The van der Waals surface area contributed by atoms with E-state index < -0.39 is 0 Å². The summed E-state index contributed by atoms with van der Waals surface area (Å²) in [5.41, 5.74) is 0. The van der Waals surface area contributed by atoms with Crippen molar-refractivity contribution in [2.24, 2.45) is 5.92 Å². The van der Waals surface area contributed by atoms with Crippen LogP contribution in [-0.2, 0) is 4.74 Å². The Bertz CT molecular complexity index is 638. The van der Waals surface area contributed by atoms with E-state index >= 15 is 0 Å². The summed E-state index contributed by atoms with van der Waals surface area (Å²) in [4.78, 5) is 7.33. The Labute approximate surface area is 168 Å². The van der Waals surface area contributed by atoms with Gasteiger partial charge >= 0.3 is 0 Å². The lowest BCUT2D eigenvalue weighted by atomic mass is 9.85. The molecule has 0 amide bonds. The number of ether oxygens (including phenoxy) is 1. The summed E-state index contributed by atoms with van der Waals surface area (Å²) >= 11 is 0. The molecule has 5 rings (SSSR count). The van der Waals surface area contributed by atoms with Gasteiger partial charge in [0, 0.05) is 24.5 Å². The van der Waals surface area contributed by atoms with Crippen molar-refractivity contribution in [2.45, 2.75) is 101 Å². The highest BCUT2D eigenvalue weighted by Crippen LogP contribution is 2.39. The molecule has 0 spiro atoms. The number of piperidine rings is 1. The first-order chi connectivity index (χ1) is 13.7. The maximum Gasteiger partial charge on any atom is 0.255 e. The van der Waals surface area contributed by atoms with Crippen LogP contribution in [0.2, 0.25) is 0 Å². The Kier molecular flexibility index (Phi) is 5.71. The van der Waals surface area contributed by atoms with Crippen molar-refractivity contribution in [1.29, 1.82) is 0 Å². The largest absolute Gasteiger partial charge is 0.364 e. The van der Waals surface area contributed by atoms with Crippen LogP contribution >= 0.6 is 0 Å². The monoisotopic (exact) mass is 388 g/mol. The van der Waals surface area contributed by atoms with Crippen molar-refractivity contribution in [3.05, 3.63) is 11.7 Å². The normalized spacial score (nSPS) is 35.5. The number of hydrogen-bond acceptors (Lipinski definition) is 6. The van der Waals surface area contributed by atoms with E-state index in [4.69, 9.17) is 9.26 Å². The van der Waals surface area contributed by atoms with E-state index in [-0.39, 0.29) is 12.2 Å². The second-order valence-electron chi connectivity index (χ2n) is 9.73. The van der Waals surface area contributed by atoms with E-state index in [1.165, 1.54) is 64.5 Å². The van der Waals surface area contributed by atoms with Crippen LogP contribution in [0.1, 0.15) is 94.9 Å². The Balaban J connectivity index is 1.03. The third-order valence-electron chi connectivity index (χ3n) is 7.37. The molecule has 2 aliphatic heterocycles. The van der Waals surface area contributed by atoms with Crippen LogP contribution < -0.4 is 5.32 Å². The van der Waals surface area contributed by atoms with E-state index in [9.17, 15) is 0 Å². The lowest BCUT2D eigenvalue weighted by molar-refractivity contribution is 0.0230. The molecule has 0 aromatic carbocycles. The van der Waals surface area contributed by atoms with Gasteiger partial charge < -0.3 is 19.5 Å². The quantitative estimate of drug-likeness (QED) is 0.800. The van der Waals surface area contributed by atoms with Crippen LogP contribution in [0.5, 0.6) is 0 Å². The molecule has 3 heterocycles. The van der Waals surface area contributed by atoms with Crippen LogP contribution in [0.15, 0.2) is 4.52 Å². The molecule has 1 N–H and O–H groups in total. The van der Waals surface area contributed by atoms with Gasteiger partial charge in [0.1, 0.15) is 6.10 Å². The Hall–Kier alpha value is -0.980. The molecule has 6 heteroatoms. The van der Waals surface area contributed by atoms with Crippen molar-refractivity contribution in [3.8, 4) is 0 Å². The van der Waals surface area contributed by atoms with Gasteiger partial charge in [-0.1, -0.05) is 24.9 Å². The van der Waals surface area contributed by atoms with E-state index in [0.717, 1.165) is 37.2 Å². The molecule has 2 unspecified atom stereocenters. The summed E-state index contributed by atoms with van der Waals surface area (Å²) in [6.45, 7) is 5.89. The SMILES string of the molecule is CC1CCCC(N2CCC(NC[C@H]3CC[C@@H](c4nc(C5CC5)no4)O3)CC2)C1. The van der Waals surface area contributed by atoms with Crippen LogP contribution in [-0.4, -0.2) is 52.9 Å². The Morgan fingerprint density at radius 2 is 1.89 bits per heavy atom. The lowest BCUT2D eigenvalue weighted by Crippen LogP contribution is -2.48. The number of nitrogens with zero attached hydrogens (tertiary/aromatic N) is 3. The number of aromatic nitrogens is 2. The smallest absolute Gasteiger partial charge is 0.255 e. The molecule has 4 fully saturated rings.